The Morgan fingerprint density at radius 2 is 1.93 bits per heavy atom. The first-order valence-electron chi connectivity index (χ1n) is 4.03. The van der Waals surface area contributed by atoms with Gasteiger partial charge in [-0.1, -0.05) is 0 Å². The van der Waals surface area contributed by atoms with Crippen molar-refractivity contribution < 1.29 is 13.7 Å². The highest BCUT2D eigenvalue weighted by Gasteiger charge is 2.10. The largest absolute Gasteiger partial charge is 0.494 e. The van der Waals surface area contributed by atoms with Crippen molar-refractivity contribution in [3.8, 4) is 11.5 Å². The molecule has 0 saturated carbocycles. The Labute approximate surface area is 83.8 Å². The maximum Gasteiger partial charge on any atom is 0.167 e. The number of ether oxygens (including phenoxy) is 1. The van der Waals surface area contributed by atoms with Crippen LogP contribution in [-0.4, -0.2) is 20.4 Å². The summed E-state index contributed by atoms with van der Waals surface area (Å²) in [5, 5.41) is 0. The summed E-state index contributed by atoms with van der Waals surface area (Å²) in [6.07, 6.45) is 0. The lowest BCUT2D eigenvalue weighted by molar-refractivity contribution is 0.385. The zero-order chi connectivity index (χ0) is 10.7. The van der Waals surface area contributed by atoms with Gasteiger partial charge in [0.05, 0.1) is 20.9 Å². The Kier molecular flexibility index (Phi) is 3.53. The summed E-state index contributed by atoms with van der Waals surface area (Å²) >= 11 is 0. The molecule has 0 fully saturated rings. The fourth-order valence-corrected chi connectivity index (χ4v) is 1.53. The summed E-state index contributed by atoms with van der Waals surface area (Å²) in [6.45, 7) is 3.87. The van der Waals surface area contributed by atoms with Gasteiger partial charge in [-0.3, -0.25) is 0 Å². The molecule has 0 unspecified atom stereocenters. The molecule has 0 aliphatic heterocycles. The molecular weight excluding hydrogens is 204 g/mol. The molecule has 78 valence electrons. The molecule has 0 heterocycles. The van der Waals surface area contributed by atoms with Crippen LogP contribution in [0.5, 0.6) is 11.5 Å². The Morgan fingerprint density at radius 3 is 2.43 bits per heavy atom. The molecule has 14 heavy (non-hydrogen) atoms. The molecule has 2 N–H and O–H groups in total. The van der Waals surface area contributed by atoms with E-state index in [0.29, 0.717) is 11.4 Å². The van der Waals surface area contributed by atoms with Gasteiger partial charge in [-0.05, 0) is 13.3 Å². The lowest BCUT2D eigenvalue weighted by Gasteiger charge is -2.13. The van der Waals surface area contributed by atoms with E-state index in [4.69, 9.17) is 15.0 Å². The number of hydrogen-bond donors (Lipinski definition) is 1. The van der Waals surface area contributed by atoms with Crippen LogP contribution in [0.2, 0.25) is 0 Å². The van der Waals surface area contributed by atoms with Crippen molar-refractivity contribution in [3.63, 3.8) is 0 Å². The highest BCUT2D eigenvalue weighted by Crippen LogP contribution is 2.37. The van der Waals surface area contributed by atoms with Crippen molar-refractivity contribution in [2.75, 3.05) is 26.2 Å². The molecule has 0 amide bonds. The van der Waals surface area contributed by atoms with E-state index >= 15 is 0 Å². The topological polar surface area (TPSA) is 44.5 Å². The molecule has 1 aromatic carbocycles. The Balaban J connectivity index is 3.04. The number of halogens is 1. The first-order chi connectivity index (χ1) is 6.54. The number of nitrogen functional groups attached to an aromatic ring is 1. The van der Waals surface area contributed by atoms with Gasteiger partial charge in [0, 0.05) is 12.1 Å². The van der Waals surface area contributed by atoms with Gasteiger partial charge >= 0.3 is 0 Å². The van der Waals surface area contributed by atoms with Crippen molar-refractivity contribution in [2.24, 2.45) is 0 Å². The second-order valence-electron chi connectivity index (χ2n) is 2.93. The van der Waals surface area contributed by atoms with Crippen LogP contribution in [0.15, 0.2) is 12.1 Å². The van der Waals surface area contributed by atoms with Crippen LogP contribution in [0.3, 0.4) is 0 Å². The zero-order valence-corrected chi connectivity index (χ0v) is 9.27. The summed E-state index contributed by atoms with van der Waals surface area (Å²) in [5.41, 5.74) is 5.87. The van der Waals surface area contributed by atoms with E-state index in [0.717, 1.165) is 0 Å². The maximum absolute atomic E-state index is 13.1. The molecule has 5 heteroatoms. The molecule has 1 rings (SSSR count). The van der Waals surface area contributed by atoms with Gasteiger partial charge in [0.1, 0.15) is 5.75 Å². The molecule has 0 atom stereocenters. The fraction of sp³-hybridized carbons (Fsp3) is 0.333. The molecule has 3 nitrogen and oxygen atoms in total. The van der Waals surface area contributed by atoms with E-state index in [9.17, 15) is 4.39 Å². The molecule has 0 spiro atoms. The zero-order valence-electron chi connectivity index (χ0n) is 8.37. The summed E-state index contributed by atoms with van der Waals surface area (Å²) in [4.78, 5) is 0. The minimum Gasteiger partial charge on any atom is -0.494 e. The van der Waals surface area contributed by atoms with Crippen LogP contribution in [0, 0.1) is 5.82 Å². The fourth-order valence-electron chi connectivity index (χ4n) is 0.982. The van der Waals surface area contributed by atoms with Crippen LogP contribution in [0.1, 0.15) is 0 Å². The van der Waals surface area contributed by atoms with E-state index in [-0.39, 0.29) is 5.75 Å². The predicted molar refractivity (Wildman–Crippen MR) is 56.8 cm³/mol. The molecular formula is C9H13FNO2P. The molecule has 0 aromatic heterocycles. The average molecular weight is 217 g/mol. The Hall–Kier alpha value is -1.02. The van der Waals surface area contributed by atoms with Gasteiger partial charge in [-0.25, -0.2) is 4.39 Å². The monoisotopic (exact) mass is 217 g/mol. The number of benzene rings is 1. The van der Waals surface area contributed by atoms with Crippen LogP contribution in [-0.2, 0) is 0 Å². The number of methoxy groups -OCH3 is 1. The van der Waals surface area contributed by atoms with E-state index in [1.807, 2.05) is 13.3 Å². The lowest BCUT2D eigenvalue weighted by atomic mass is 10.2. The molecule has 0 radical (unpaired) electrons. The minimum absolute atomic E-state index is 0.144. The predicted octanol–water partition coefficient (Wildman–Crippen LogP) is 2.45. The SMILES string of the molecule is COc1cc(OP(C)C)c(N)cc1F. The van der Waals surface area contributed by atoms with Crippen molar-refractivity contribution in [1.82, 2.24) is 0 Å². The van der Waals surface area contributed by atoms with Crippen molar-refractivity contribution in [1.29, 1.82) is 0 Å². The molecule has 0 aliphatic carbocycles. The molecule has 0 saturated heterocycles. The number of anilines is 1. The van der Waals surface area contributed by atoms with Gasteiger partial charge in [0.25, 0.3) is 0 Å². The minimum atomic E-state index is -0.578. The van der Waals surface area contributed by atoms with E-state index in [2.05, 4.69) is 0 Å². The van der Waals surface area contributed by atoms with Gasteiger partial charge in [0.15, 0.2) is 11.6 Å². The third kappa shape index (κ3) is 2.48. The van der Waals surface area contributed by atoms with Crippen molar-refractivity contribution >= 4 is 13.8 Å². The normalized spacial score (nSPS) is 10.4. The van der Waals surface area contributed by atoms with E-state index < -0.39 is 14.0 Å². The number of nitrogens with two attached hydrogens (primary N) is 1. The van der Waals surface area contributed by atoms with Crippen molar-refractivity contribution in [3.05, 3.63) is 17.9 Å². The quantitative estimate of drug-likeness (QED) is 0.624. The standard InChI is InChI=1S/C9H13FNO2P/c1-12-8-5-9(13-14(2)3)7(11)4-6(8)10/h4-5H,11H2,1-3H3. The third-order valence-electron chi connectivity index (χ3n) is 1.57. The smallest absolute Gasteiger partial charge is 0.167 e. The Bertz CT molecular complexity index is 331. The van der Waals surface area contributed by atoms with Gasteiger partial charge in [0.2, 0.25) is 0 Å². The molecule has 0 bridgehead atoms. The highest BCUT2D eigenvalue weighted by molar-refractivity contribution is 7.51. The highest BCUT2D eigenvalue weighted by atomic mass is 31.1. The lowest BCUT2D eigenvalue weighted by Crippen LogP contribution is -1.96. The average Bonchev–Trinajstić information content (AvgIpc) is 2.09. The van der Waals surface area contributed by atoms with Gasteiger partial charge in [-0.2, -0.15) is 0 Å². The van der Waals surface area contributed by atoms with Crippen LogP contribution in [0.4, 0.5) is 10.1 Å². The second kappa shape index (κ2) is 4.47. The second-order valence-corrected chi connectivity index (χ2v) is 4.74. The van der Waals surface area contributed by atoms with Crippen molar-refractivity contribution in [2.45, 2.75) is 0 Å². The third-order valence-corrected chi connectivity index (χ3v) is 2.13. The van der Waals surface area contributed by atoms with Crippen LogP contribution >= 0.6 is 8.15 Å². The summed E-state index contributed by atoms with van der Waals surface area (Å²) in [7, 11) is 0.824. The molecule has 0 aliphatic rings. The van der Waals surface area contributed by atoms with Crippen LogP contribution < -0.4 is 15.0 Å². The number of rotatable bonds is 3. The van der Waals surface area contributed by atoms with E-state index in [1.165, 1.54) is 19.2 Å². The van der Waals surface area contributed by atoms with Crippen LogP contribution in [0.25, 0.3) is 0 Å². The Morgan fingerprint density at radius 1 is 1.29 bits per heavy atom. The summed E-state index contributed by atoms with van der Waals surface area (Å²) in [6, 6.07) is 2.67. The molecule has 1 aromatic rings. The summed E-state index contributed by atoms with van der Waals surface area (Å²) < 4.78 is 23.4. The maximum atomic E-state index is 13.1. The van der Waals surface area contributed by atoms with Gasteiger partial charge in [-0.15, -0.1) is 0 Å². The van der Waals surface area contributed by atoms with Gasteiger partial charge < -0.3 is 15.0 Å². The first-order valence-corrected chi connectivity index (χ1v) is 6.18. The number of hydrogen-bond acceptors (Lipinski definition) is 3. The first kappa shape index (κ1) is 11.1. The van der Waals surface area contributed by atoms with E-state index in [1.54, 1.807) is 0 Å². The summed E-state index contributed by atoms with van der Waals surface area (Å²) in [5.74, 6) is 0.138.